The van der Waals surface area contributed by atoms with Crippen LogP contribution in [0.2, 0.25) is 0 Å². The largest absolute Gasteiger partial charge is 0.425 e. The van der Waals surface area contributed by atoms with Gasteiger partial charge in [-0.05, 0) is 60.5 Å². The molecule has 0 spiro atoms. The molecule has 1 N–H and O–H groups in total. The first-order valence-electron chi connectivity index (χ1n) is 9.56. The number of halogens is 3. The van der Waals surface area contributed by atoms with E-state index in [9.17, 15) is 13.2 Å². The molecule has 0 amide bonds. The van der Waals surface area contributed by atoms with Crippen LogP contribution < -0.4 is 5.32 Å². The van der Waals surface area contributed by atoms with Crippen LogP contribution in [0.4, 0.5) is 13.2 Å². The van der Waals surface area contributed by atoms with Crippen molar-refractivity contribution >= 4 is 11.3 Å². The van der Waals surface area contributed by atoms with Crippen molar-refractivity contribution in [1.29, 1.82) is 0 Å². The summed E-state index contributed by atoms with van der Waals surface area (Å²) in [6.45, 7) is 9.86. The molecule has 0 unspecified atom stereocenters. The summed E-state index contributed by atoms with van der Waals surface area (Å²) in [4.78, 5) is 0.468. The molecule has 1 heterocycles. The van der Waals surface area contributed by atoms with Crippen LogP contribution in [-0.4, -0.2) is 6.04 Å². The molecule has 2 aliphatic carbocycles. The molecule has 0 radical (unpaired) electrons. The van der Waals surface area contributed by atoms with E-state index < -0.39 is 11.1 Å². The highest BCUT2D eigenvalue weighted by molar-refractivity contribution is 7.12. The fraction of sp³-hybridized carbons (Fsp3) is 0.800. The maximum absolute atomic E-state index is 13.1. The van der Waals surface area contributed by atoms with Gasteiger partial charge in [-0.1, -0.05) is 34.1 Å². The molecule has 2 saturated carbocycles. The number of thiophene rings is 1. The molecule has 142 valence electrons. The van der Waals surface area contributed by atoms with Crippen molar-refractivity contribution in [3.05, 3.63) is 21.4 Å². The van der Waals surface area contributed by atoms with Crippen LogP contribution in [0.5, 0.6) is 0 Å². The van der Waals surface area contributed by atoms with Gasteiger partial charge in [0.25, 0.3) is 0 Å². The number of alkyl halides is 3. The van der Waals surface area contributed by atoms with E-state index in [1.165, 1.54) is 12.5 Å². The van der Waals surface area contributed by atoms with E-state index in [0.29, 0.717) is 35.8 Å². The molecule has 25 heavy (non-hydrogen) atoms. The molecule has 2 fully saturated rings. The van der Waals surface area contributed by atoms with Crippen molar-refractivity contribution < 1.29 is 13.2 Å². The van der Waals surface area contributed by atoms with Gasteiger partial charge in [0.15, 0.2) is 0 Å². The van der Waals surface area contributed by atoms with E-state index >= 15 is 0 Å². The predicted octanol–water partition coefficient (Wildman–Crippen LogP) is 6.58. The van der Waals surface area contributed by atoms with E-state index in [1.54, 1.807) is 0 Å². The quantitative estimate of drug-likeness (QED) is 0.614. The average molecular weight is 374 g/mol. The normalized spacial score (nSPS) is 29.8. The minimum atomic E-state index is -4.22. The molecule has 3 atom stereocenters. The third-order valence-corrected chi connectivity index (χ3v) is 7.67. The number of hydrogen-bond acceptors (Lipinski definition) is 2. The van der Waals surface area contributed by atoms with Crippen LogP contribution in [0.15, 0.2) is 6.07 Å². The molecule has 1 nitrogen and oxygen atoms in total. The molecule has 2 aliphatic rings. The first-order valence-corrected chi connectivity index (χ1v) is 10.4. The third-order valence-electron chi connectivity index (χ3n) is 6.48. The van der Waals surface area contributed by atoms with Crippen molar-refractivity contribution in [2.45, 2.75) is 84.5 Å². The molecule has 3 rings (SSSR count). The molecule has 1 aromatic heterocycles. The Morgan fingerprint density at radius 1 is 1.24 bits per heavy atom. The first kappa shape index (κ1) is 19.2. The zero-order valence-electron chi connectivity index (χ0n) is 15.7. The topological polar surface area (TPSA) is 12.0 Å². The van der Waals surface area contributed by atoms with Crippen molar-refractivity contribution in [2.75, 3.05) is 0 Å². The third kappa shape index (κ3) is 4.08. The summed E-state index contributed by atoms with van der Waals surface area (Å²) < 4.78 is 39.3. The van der Waals surface area contributed by atoms with E-state index in [-0.39, 0.29) is 0 Å². The Labute approximate surface area is 153 Å². The lowest BCUT2D eigenvalue weighted by Gasteiger charge is -2.47. The predicted molar refractivity (Wildman–Crippen MR) is 97.9 cm³/mol. The lowest BCUT2D eigenvalue weighted by atomic mass is 9.61. The monoisotopic (exact) mass is 373 g/mol. The Kier molecular flexibility index (Phi) is 5.29. The Morgan fingerprint density at radius 2 is 1.92 bits per heavy atom. The number of nitrogens with one attached hydrogen (secondary N) is 1. The summed E-state index contributed by atoms with van der Waals surface area (Å²) in [5.41, 5.74) is 1.30. The minimum absolute atomic E-state index is 0.357. The summed E-state index contributed by atoms with van der Waals surface area (Å²) >= 11 is 0.943. The highest BCUT2D eigenvalue weighted by Crippen LogP contribution is 2.48. The van der Waals surface area contributed by atoms with Gasteiger partial charge in [-0.2, -0.15) is 13.2 Å². The summed E-state index contributed by atoms with van der Waals surface area (Å²) in [6, 6.07) is 1.81. The van der Waals surface area contributed by atoms with Crippen LogP contribution in [-0.2, 0) is 12.7 Å². The Hall–Kier alpha value is -0.550. The fourth-order valence-electron chi connectivity index (χ4n) is 4.86. The van der Waals surface area contributed by atoms with E-state index in [0.717, 1.165) is 47.5 Å². The molecule has 0 saturated heterocycles. The number of rotatable bonds is 5. The second-order valence-corrected chi connectivity index (χ2v) is 9.79. The van der Waals surface area contributed by atoms with Gasteiger partial charge in [0.1, 0.15) is 4.88 Å². The van der Waals surface area contributed by atoms with Gasteiger partial charge in [-0.15, -0.1) is 11.3 Å². The van der Waals surface area contributed by atoms with Crippen molar-refractivity contribution in [1.82, 2.24) is 5.32 Å². The van der Waals surface area contributed by atoms with Gasteiger partial charge in [0.05, 0.1) is 0 Å². The maximum atomic E-state index is 13.1. The van der Waals surface area contributed by atoms with Crippen molar-refractivity contribution in [2.24, 2.45) is 17.3 Å². The standard InChI is InChI=1S/C20H30F3NS/c1-5-15-12(2)16(8-9-19(15,3)4)24-11-17-14(13-6-7-13)10-18(25-17)20(21,22)23/h10,12-13,15-16,24H,5-9,11H2,1-4H3/t12-,15-,16-/m1/s1. The van der Waals surface area contributed by atoms with Crippen molar-refractivity contribution in [3.8, 4) is 0 Å². The van der Waals surface area contributed by atoms with Gasteiger partial charge in [-0.3, -0.25) is 0 Å². The molecular weight excluding hydrogens is 343 g/mol. The van der Waals surface area contributed by atoms with Crippen LogP contribution in [0, 0.1) is 17.3 Å². The summed E-state index contributed by atoms with van der Waals surface area (Å²) in [5, 5.41) is 3.62. The van der Waals surface area contributed by atoms with Gasteiger partial charge in [0, 0.05) is 17.5 Å². The van der Waals surface area contributed by atoms with Gasteiger partial charge in [-0.25, -0.2) is 0 Å². The zero-order chi connectivity index (χ0) is 18.4. The van der Waals surface area contributed by atoms with Gasteiger partial charge < -0.3 is 5.32 Å². The zero-order valence-corrected chi connectivity index (χ0v) is 16.5. The van der Waals surface area contributed by atoms with Gasteiger partial charge in [0.2, 0.25) is 0 Å². The fourth-order valence-corrected chi connectivity index (χ4v) is 5.93. The molecule has 5 heteroatoms. The van der Waals surface area contributed by atoms with E-state index in [4.69, 9.17) is 0 Å². The summed E-state index contributed by atoms with van der Waals surface area (Å²) in [6.07, 6.45) is 1.31. The molecule has 0 aliphatic heterocycles. The highest BCUT2D eigenvalue weighted by atomic mass is 32.1. The molecule has 0 bridgehead atoms. The van der Waals surface area contributed by atoms with Crippen LogP contribution in [0.3, 0.4) is 0 Å². The Balaban J connectivity index is 1.70. The SMILES string of the molecule is CC[C@@H]1[C@@H](C)[C@H](NCc2sc(C(F)(F)F)cc2C2CC2)CCC1(C)C. The second kappa shape index (κ2) is 6.88. The van der Waals surface area contributed by atoms with Crippen LogP contribution >= 0.6 is 11.3 Å². The van der Waals surface area contributed by atoms with Crippen LogP contribution in [0.1, 0.15) is 81.0 Å². The number of hydrogen-bond donors (Lipinski definition) is 1. The van der Waals surface area contributed by atoms with Crippen molar-refractivity contribution in [3.63, 3.8) is 0 Å². The smallest absolute Gasteiger partial charge is 0.309 e. The average Bonchev–Trinajstić information content (AvgIpc) is 3.25. The Bertz CT molecular complexity index is 601. The molecule has 0 aromatic carbocycles. The maximum Gasteiger partial charge on any atom is 0.425 e. The first-order chi connectivity index (χ1) is 11.6. The lowest BCUT2D eigenvalue weighted by Crippen LogP contribution is -2.47. The second-order valence-electron chi connectivity index (χ2n) is 8.65. The summed E-state index contributed by atoms with van der Waals surface area (Å²) in [7, 11) is 0. The molecular formula is C20H30F3NS. The van der Waals surface area contributed by atoms with E-state index in [1.807, 2.05) is 0 Å². The van der Waals surface area contributed by atoms with Crippen LogP contribution in [0.25, 0.3) is 0 Å². The Morgan fingerprint density at radius 3 is 2.48 bits per heavy atom. The highest BCUT2D eigenvalue weighted by Gasteiger charge is 2.41. The summed E-state index contributed by atoms with van der Waals surface area (Å²) in [5.74, 6) is 1.58. The minimum Gasteiger partial charge on any atom is -0.309 e. The van der Waals surface area contributed by atoms with E-state index in [2.05, 4.69) is 33.0 Å². The van der Waals surface area contributed by atoms with Gasteiger partial charge >= 0.3 is 6.18 Å². The lowest BCUT2D eigenvalue weighted by molar-refractivity contribution is -0.134. The molecule has 1 aromatic rings.